The van der Waals surface area contributed by atoms with Crippen LogP contribution in [0.3, 0.4) is 0 Å². The number of Topliss-reactive ketones (excluding diaryl/α,β-unsaturated/α-hetero) is 1. The summed E-state index contributed by atoms with van der Waals surface area (Å²) in [5.41, 5.74) is 2.78. The van der Waals surface area contributed by atoms with Gasteiger partial charge in [-0.3, -0.25) is 4.79 Å². The van der Waals surface area contributed by atoms with Crippen LogP contribution in [0.1, 0.15) is 54.4 Å². The van der Waals surface area contributed by atoms with E-state index in [2.05, 4.69) is 15.3 Å². The molecule has 2 aromatic heterocycles. The number of fused-ring (bicyclic) bond motifs is 2. The van der Waals surface area contributed by atoms with E-state index in [0.717, 1.165) is 48.0 Å². The molecule has 172 valence electrons. The third-order valence-electron chi connectivity index (χ3n) is 8.09. The smallest absolute Gasteiger partial charge is 0.192 e. The Morgan fingerprint density at radius 1 is 1.15 bits per heavy atom. The van der Waals surface area contributed by atoms with Crippen LogP contribution in [0.25, 0.3) is 11.0 Å². The van der Waals surface area contributed by atoms with E-state index in [0.29, 0.717) is 29.9 Å². The van der Waals surface area contributed by atoms with Crippen molar-refractivity contribution in [1.82, 2.24) is 9.97 Å². The van der Waals surface area contributed by atoms with Gasteiger partial charge in [-0.15, -0.1) is 0 Å². The topological polar surface area (TPSA) is 87.2 Å². The molecule has 1 aromatic carbocycles. The van der Waals surface area contributed by atoms with Crippen LogP contribution in [-0.2, 0) is 11.3 Å². The van der Waals surface area contributed by atoms with Crippen LogP contribution >= 0.6 is 0 Å². The molecule has 4 aliphatic carbocycles. The first kappa shape index (κ1) is 20.9. The van der Waals surface area contributed by atoms with Gasteiger partial charge >= 0.3 is 0 Å². The Hall–Kier alpha value is -2.70. The highest BCUT2D eigenvalue weighted by Gasteiger charge is 2.52. The number of nitrogens with zero attached hydrogens (tertiary/aromatic N) is 1. The lowest BCUT2D eigenvalue weighted by atomic mass is 9.62. The van der Waals surface area contributed by atoms with Gasteiger partial charge in [0.2, 0.25) is 0 Å². The number of pyridine rings is 1. The molecule has 0 aliphatic heterocycles. The zero-order valence-corrected chi connectivity index (χ0v) is 18.8. The van der Waals surface area contributed by atoms with E-state index in [4.69, 9.17) is 4.74 Å². The fourth-order valence-electron chi connectivity index (χ4n) is 6.79. The molecule has 1 unspecified atom stereocenters. The Morgan fingerprint density at radius 3 is 2.88 bits per heavy atom. The number of aromatic amines is 1. The zero-order chi connectivity index (χ0) is 22.4. The minimum atomic E-state index is -0.488. The summed E-state index contributed by atoms with van der Waals surface area (Å²) >= 11 is 0. The number of ketones is 1. The summed E-state index contributed by atoms with van der Waals surface area (Å²) in [5, 5.41) is 15.9. The molecule has 0 radical (unpaired) electrons. The van der Waals surface area contributed by atoms with Crippen LogP contribution in [-0.4, -0.2) is 39.1 Å². The van der Waals surface area contributed by atoms with Crippen molar-refractivity contribution >= 4 is 22.5 Å². The molecule has 3 aromatic rings. The van der Waals surface area contributed by atoms with Gasteiger partial charge in [-0.1, -0.05) is 30.3 Å². The Balaban J connectivity index is 1.26. The summed E-state index contributed by atoms with van der Waals surface area (Å²) < 4.78 is 5.76. The Kier molecular flexibility index (Phi) is 5.23. The lowest BCUT2D eigenvalue weighted by molar-refractivity contribution is -0.0752. The summed E-state index contributed by atoms with van der Waals surface area (Å²) in [6, 6.07) is 12.2. The molecular formula is C27H31N3O3. The second kappa shape index (κ2) is 8.26. The number of anilines is 1. The second-order valence-corrected chi connectivity index (χ2v) is 10.4. The number of carbonyl (C=O) groups excluding carboxylic acids is 1. The maximum absolute atomic E-state index is 13.2. The number of aromatic nitrogens is 2. The van der Waals surface area contributed by atoms with Crippen molar-refractivity contribution in [2.45, 2.75) is 56.8 Å². The molecular weight excluding hydrogens is 414 g/mol. The third-order valence-corrected chi connectivity index (χ3v) is 8.09. The molecule has 4 bridgehead atoms. The average Bonchev–Trinajstić information content (AvgIpc) is 3.21. The zero-order valence-electron chi connectivity index (χ0n) is 18.8. The summed E-state index contributed by atoms with van der Waals surface area (Å²) in [5.74, 6) is 1.43. The number of nitrogens with one attached hydrogen (secondary N) is 2. The van der Waals surface area contributed by atoms with Crippen molar-refractivity contribution in [3.8, 4) is 0 Å². The van der Waals surface area contributed by atoms with Crippen molar-refractivity contribution in [3.05, 3.63) is 59.9 Å². The molecule has 3 N–H and O–H groups in total. The number of aliphatic hydroxyl groups is 1. The van der Waals surface area contributed by atoms with Crippen LogP contribution in [0.15, 0.2) is 48.8 Å². The third kappa shape index (κ3) is 3.96. The molecule has 4 saturated carbocycles. The van der Waals surface area contributed by atoms with E-state index >= 15 is 0 Å². The maximum Gasteiger partial charge on any atom is 0.192 e. The largest absolute Gasteiger partial charge is 0.390 e. The van der Waals surface area contributed by atoms with Gasteiger partial charge in [-0.2, -0.15) is 0 Å². The molecule has 4 fully saturated rings. The molecule has 0 amide bonds. The van der Waals surface area contributed by atoms with Gasteiger partial charge in [-0.05, 0) is 67.9 Å². The highest BCUT2D eigenvalue weighted by atomic mass is 16.5. The number of hydrogen-bond acceptors (Lipinski definition) is 5. The maximum atomic E-state index is 13.2. The molecule has 33 heavy (non-hydrogen) atoms. The van der Waals surface area contributed by atoms with Gasteiger partial charge in [0.25, 0.3) is 0 Å². The number of rotatable bonds is 7. The number of hydrogen-bond donors (Lipinski definition) is 3. The quantitative estimate of drug-likeness (QED) is 0.459. The summed E-state index contributed by atoms with van der Waals surface area (Å²) in [6.45, 7) is 0.419. The number of carbonyl (C=O) groups is 1. The van der Waals surface area contributed by atoms with E-state index in [1.165, 1.54) is 12.8 Å². The van der Waals surface area contributed by atoms with E-state index in [9.17, 15) is 9.90 Å². The minimum Gasteiger partial charge on any atom is -0.390 e. The Labute approximate surface area is 193 Å². The van der Waals surface area contributed by atoms with E-state index < -0.39 is 5.60 Å². The van der Waals surface area contributed by atoms with Crippen LogP contribution in [0.2, 0.25) is 0 Å². The predicted octanol–water partition coefficient (Wildman–Crippen LogP) is 4.70. The molecule has 6 nitrogen and oxygen atoms in total. The fourth-order valence-corrected chi connectivity index (χ4v) is 6.79. The van der Waals surface area contributed by atoms with E-state index in [1.807, 2.05) is 42.6 Å². The van der Waals surface area contributed by atoms with Crippen LogP contribution < -0.4 is 5.32 Å². The fraction of sp³-hybridized carbons (Fsp3) is 0.481. The monoisotopic (exact) mass is 445 g/mol. The van der Waals surface area contributed by atoms with Gasteiger partial charge in [0.15, 0.2) is 5.78 Å². The van der Waals surface area contributed by atoms with Gasteiger partial charge in [0, 0.05) is 23.8 Å². The molecule has 4 aliphatic rings. The summed E-state index contributed by atoms with van der Waals surface area (Å²) in [7, 11) is 0. The first-order valence-electron chi connectivity index (χ1n) is 12.2. The molecule has 7 rings (SSSR count). The SMILES string of the molecule is O=C(COCc1ccccc1)c1cnc2[nH]ccc2c1N[C@@H]1[C@@H]2CCC3C[C@H]1C[C@@](O)(C3)C2. The number of ether oxygens (including phenoxy) is 1. The van der Waals surface area contributed by atoms with Gasteiger partial charge in [0.1, 0.15) is 12.3 Å². The van der Waals surface area contributed by atoms with Crippen LogP contribution in [0.4, 0.5) is 5.69 Å². The highest BCUT2D eigenvalue weighted by molar-refractivity contribution is 6.08. The lowest BCUT2D eigenvalue weighted by Crippen LogP contribution is -2.52. The molecule has 2 heterocycles. The number of H-pyrrole nitrogens is 1. The van der Waals surface area contributed by atoms with E-state index in [-0.39, 0.29) is 18.4 Å². The summed E-state index contributed by atoms with van der Waals surface area (Å²) in [4.78, 5) is 20.9. The van der Waals surface area contributed by atoms with E-state index in [1.54, 1.807) is 6.20 Å². The standard InChI is InChI=1S/C27H31N3O3/c31-23(16-33-15-17-4-2-1-3-5-17)22-14-29-26-21(8-9-28-26)25(22)30-24-19-7-6-18-10-20(24)13-27(32,11-18)12-19/h1-5,8-9,14,18-20,24,32H,6-7,10-13,15-16H2,(H2,28,29,30)/t18?,19-,20+,24-,27-/m1/s1. The lowest BCUT2D eigenvalue weighted by Gasteiger charge is -2.49. The molecule has 5 atom stereocenters. The van der Waals surface area contributed by atoms with Gasteiger partial charge < -0.3 is 20.1 Å². The molecule has 0 saturated heterocycles. The minimum absolute atomic E-state index is 0.0144. The van der Waals surface area contributed by atoms with Crippen molar-refractivity contribution in [3.63, 3.8) is 0 Å². The first-order chi connectivity index (χ1) is 16.1. The van der Waals surface area contributed by atoms with Crippen molar-refractivity contribution in [2.75, 3.05) is 11.9 Å². The van der Waals surface area contributed by atoms with Crippen molar-refractivity contribution in [1.29, 1.82) is 0 Å². The average molecular weight is 446 g/mol. The van der Waals surface area contributed by atoms with Gasteiger partial charge in [0.05, 0.1) is 23.5 Å². The van der Waals surface area contributed by atoms with Crippen LogP contribution in [0.5, 0.6) is 0 Å². The second-order valence-electron chi connectivity index (χ2n) is 10.4. The van der Waals surface area contributed by atoms with Crippen molar-refractivity contribution < 1.29 is 14.6 Å². The highest BCUT2D eigenvalue weighted by Crippen LogP contribution is 2.54. The first-order valence-corrected chi connectivity index (χ1v) is 12.2. The summed E-state index contributed by atoms with van der Waals surface area (Å²) in [6.07, 6.45) is 9.75. The Bertz CT molecular complexity index is 1160. The number of benzene rings is 1. The molecule has 6 heteroatoms. The normalized spacial score (nSPS) is 30.5. The van der Waals surface area contributed by atoms with Crippen LogP contribution in [0, 0.1) is 17.8 Å². The van der Waals surface area contributed by atoms with Gasteiger partial charge in [-0.25, -0.2) is 4.98 Å². The Morgan fingerprint density at radius 2 is 2.00 bits per heavy atom. The molecule has 0 spiro atoms. The predicted molar refractivity (Wildman–Crippen MR) is 127 cm³/mol. The van der Waals surface area contributed by atoms with Crippen molar-refractivity contribution in [2.24, 2.45) is 17.8 Å².